The molecule has 0 saturated heterocycles. The molecule has 0 atom stereocenters. The lowest BCUT2D eigenvalue weighted by Gasteiger charge is -1.94. The zero-order valence-corrected chi connectivity index (χ0v) is 5.46. The zero-order valence-electron chi connectivity index (χ0n) is 5.46. The molecule has 0 unspecified atom stereocenters. The number of rotatable bonds is 3. The SMILES string of the molecule is C=C/C=N\C(=C/N)NC. The van der Waals surface area contributed by atoms with Gasteiger partial charge < -0.3 is 11.1 Å². The Balaban J connectivity index is 3.84. The molecule has 0 aliphatic rings. The summed E-state index contributed by atoms with van der Waals surface area (Å²) >= 11 is 0. The molecule has 0 radical (unpaired) electrons. The third-order valence-electron chi connectivity index (χ3n) is 0.733. The summed E-state index contributed by atoms with van der Waals surface area (Å²) in [6, 6.07) is 0. The number of nitrogens with zero attached hydrogens (tertiary/aromatic N) is 1. The third-order valence-corrected chi connectivity index (χ3v) is 0.733. The second-order valence-electron chi connectivity index (χ2n) is 1.32. The van der Waals surface area contributed by atoms with E-state index in [-0.39, 0.29) is 0 Å². The minimum absolute atomic E-state index is 0.634. The summed E-state index contributed by atoms with van der Waals surface area (Å²) in [5.41, 5.74) is 5.15. The van der Waals surface area contributed by atoms with Gasteiger partial charge in [-0.2, -0.15) is 0 Å². The Morgan fingerprint density at radius 3 is 2.78 bits per heavy atom. The van der Waals surface area contributed by atoms with Crippen molar-refractivity contribution in [2.24, 2.45) is 10.7 Å². The van der Waals surface area contributed by atoms with Gasteiger partial charge in [-0.25, -0.2) is 4.99 Å². The molecule has 3 nitrogen and oxygen atoms in total. The van der Waals surface area contributed by atoms with E-state index < -0.39 is 0 Å². The van der Waals surface area contributed by atoms with Crippen molar-refractivity contribution in [3.05, 3.63) is 24.7 Å². The van der Waals surface area contributed by atoms with E-state index in [2.05, 4.69) is 16.9 Å². The molecule has 0 heterocycles. The normalized spacial score (nSPS) is 11.9. The molecule has 0 rings (SSSR count). The molecule has 50 valence electrons. The lowest BCUT2D eigenvalue weighted by molar-refractivity contribution is 0.960. The molecule has 0 saturated carbocycles. The summed E-state index contributed by atoms with van der Waals surface area (Å²) in [7, 11) is 1.75. The van der Waals surface area contributed by atoms with Gasteiger partial charge in [0.05, 0.1) is 0 Å². The monoisotopic (exact) mass is 125 g/mol. The van der Waals surface area contributed by atoms with Crippen LogP contribution in [0.15, 0.2) is 29.7 Å². The van der Waals surface area contributed by atoms with Crippen LogP contribution in [0.1, 0.15) is 0 Å². The molecule has 0 fully saturated rings. The van der Waals surface area contributed by atoms with Gasteiger partial charge in [0, 0.05) is 19.5 Å². The fourth-order valence-corrected chi connectivity index (χ4v) is 0.324. The Hall–Kier alpha value is -1.25. The third kappa shape index (κ3) is 3.34. The molecular weight excluding hydrogens is 114 g/mol. The average Bonchev–Trinajstić information content (AvgIpc) is 1.91. The highest BCUT2D eigenvalue weighted by Crippen LogP contribution is 1.82. The first-order valence-electron chi connectivity index (χ1n) is 2.60. The summed E-state index contributed by atoms with van der Waals surface area (Å²) < 4.78 is 0. The fourth-order valence-electron chi connectivity index (χ4n) is 0.324. The van der Waals surface area contributed by atoms with Gasteiger partial charge in [-0.3, -0.25) is 0 Å². The van der Waals surface area contributed by atoms with Crippen LogP contribution in [-0.2, 0) is 0 Å². The maximum atomic E-state index is 5.15. The zero-order chi connectivity index (χ0) is 7.11. The second-order valence-corrected chi connectivity index (χ2v) is 1.32. The van der Waals surface area contributed by atoms with Crippen molar-refractivity contribution in [3.63, 3.8) is 0 Å². The van der Waals surface area contributed by atoms with Crippen LogP contribution in [0.3, 0.4) is 0 Å². The Kier molecular flexibility index (Phi) is 4.22. The summed E-state index contributed by atoms with van der Waals surface area (Å²) in [5.74, 6) is 0.634. The van der Waals surface area contributed by atoms with Crippen LogP contribution in [0.4, 0.5) is 0 Å². The van der Waals surface area contributed by atoms with Crippen molar-refractivity contribution in [1.82, 2.24) is 5.32 Å². The van der Waals surface area contributed by atoms with Gasteiger partial charge >= 0.3 is 0 Å². The lowest BCUT2D eigenvalue weighted by Crippen LogP contribution is -2.05. The van der Waals surface area contributed by atoms with Gasteiger partial charge in [0.2, 0.25) is 0 Å². The van der Waals surface area contributed by atoms with Crippen molar-refractivity contribution < 1.29 is 0 Å². The Bertz CT molecular complexity index is 135. The standard InChI is InChI=1S/C6H11N3/c1-3-4-9-6(5-7)8-2/h3-5,8H,1,7H2,2H3/b6-5-,9-4-. The van der Waals surface area contributed by atoms with Crippen LogP contribution in [0.25, 0.3) is 0 Å². The highest BCUT2D eigenvalue weighted by Gasteiger charge is 1.79. The van der Waals surface area contributed by atoms with Gasteiger partial charge in [0.15, 0.2) is 0 Å². The molecule has 0 spiro atoms. The highest BCUT2D eigenvalue weighted by molar-refractivity contribution is 5.71. The molecule has 0 aliphatic carbocycles. The molecule has 0 aromatic carbocycles. The number of aliphatic imine (C=N–C) groups is 1. The first-order chi connectivity index (χ1) is 4.35. The first kappa shape index (κ1) is 7.75. The van der Waals surface area contributed by atoms with Crippen LogP contribution in [0.5, 0.6) is 0 Å². The van der Waals surface area contributed by atoms with E-state index in [9.17, 15) is 0 Å². The number of nitrogens with two attached hydrogens (primary N) is 1. The van der Waals surface area contributed by atoms with Crippen LogP contribution in [-0.4, -0.2) is 13.3 Å². The summed E-state index contributed by atoms with van der Waals surface area (Å²) in [6.07, 6.45) is 4.54. The number of allylic oxidation sites excluding steroid dienone is 1. The van der Waals surface area contributed by atoms with Gasteiger partial charge in [-0.05, 0) is 0 Å². The lowest BCUT2D eigenvalue weighted by atomic mass is 10.6. The molecule has 0 aromatic heterocycles. The topological polar surface area (TPSA) is 50.4 Å². The predicted octanol–water partition coefficient (Wildman–Crippen LogP) is 0.220. The molecular formula is C6H11N3. The Morgan fingerprint density at radius 2 is 2.44 bits per heavy atom. The Morgan fingerprint density at radius 1 is 1.78 bits per heavy atom. The molecule has 3 heteroatoms. The quantitative estimate of drug-likeness (QED) is 0.530. The average molecular weight is 125 g/mol. The summed E-state index contributed by atoms with van der Waals surface area (Å²) in [4.78, 5) is 3.86. The second kappa shape index (κ2) is 4.90. The molecule has 0 aliphatic heterocycles. The van der Waals surface area contributed by atoms with Crippen molar-refractivity contribution >= 4 is 6.21 Å². The van der Waals surface area contributed by atoms with Crippen LogP contribution in [0.2, 0.25) is 0 Å². The van der Waals surface area contributed by atoms with E-state index in [1.807, 2.05) is 0 Å². The maximum Gasteiger partial charge on any atom is 0.141 e. The number of hydrogen-bond acceptors (Lipinski definition) is 3. The molecule has 0 bridgehead atoms. The maximum absolute atomic E-state index is 5.15. The van der Waals surface area contributed by atoms with Gasteiger partial charge in [-0.1, -0.05) is 12.7 Å². The smallest absolute Gasteiger partial charge is 0.141 e. The molecule has 0 aromatic rings. The highest BCUT2D eigenvalue weighted by atomic mass is 15.0. The van der Waals surface area contributed by atoms with Crippen LogP contribution in [0, 0.1) is 0 Å². The van der Waals surface area contributed by atoms with E-state index >= 15 is 0 Å². The largest absolute Gasteiger partial charge is 0.402 e. The molecule has 9 heavy (non-hydrogen) atoms. The van der Waals surface area contributed by atoms with Gasteiger partial charge in [0.1, 0.15) is 5.82 Å². The van der Waals surface area contributed by atoms with E-state index in [4.69, 9.17) is 5.73 Å². The van der Waals surface area contributed by atoms with E-state index in [0.717, 1.165) is 0 Å². The van der Waals surface area contributed by atoms with Crippen molar-refractivity contribution in [2.45, 2.75) is 0 Å². The molecule has 0 amide bonds. The van der Waals surface area contributed by atoms with E-state index in [1.54, 1.807) is 19.3 Å². The number of nitrogens with one attached hydrogen (secondary N) is 1. The van der Waals surface area contributed by atoms with Crippen molar-refractivity contribution in [3.8, 4) is 0 Å². The minimum Gasteiger partial charge on any atom is -0.402 e. The first-order valence-corrected chi connectivity index (χ1v) is 2.60. The van der Waals surface area contributed by atoms with E-state index in [1.165, 1.54) is 6.20 Å². The molecule has 3 N–H and O–H groups in total. The minimum atomic E-state index is 0.634. The number of hydrogen-bond donors (Lipinski definition) is 2. The summed E-state index contributed by atoms with van der Waals surface area (Å²) in [6.45, 7) is 3.46. The van der Waals surface area contributed by atoms with E-state index in [0.29, 0.717) is 5.82 Å². The van der Waals surface area contributed by atoms with Crippen molar-refractivity contribution in [2.75, 3.05) is 7.05 Å². The Labute approximate surface area is 55.0 Å². The predicted molar refractivity (Wildman–Crippen MR) is 40.0 cm³/mol. The fraction of sp³-hybridized carbons (Fsp3) is 0.167. The van der Waals surface area contributed by atoms with Gasteiger partial charge in [-0.15, -0.1) is 0 Å². The summed E-state index contributed by atoms with van der Waals surface area (Å²) in [5, 5.41) is 2.78. The van der Waals surface area contributed by atoms with Crippen LogP contribution >= 0.6 is 0 Å². The van der Waals surface area contributed by atoms with Crippen molar-refractivity contribution in [1.29, 1.82) is 0 Å². The van der Waals surface area contributed by atoms with Crippen LogP contribution < -0.4 is 11.1 Å². The van der Waals surface area contributed by atoms with Gasteiger partial charge in [0.25, 0.3) is 0 Å².